The standard InChI is InChI=1S/C26H21ClF3N5O3/c27-18-10-15(5-8-21(18)38-24-17(23(31)37)2-1-9-32-24)11-22(36)34-25-33-19-7-6-16(26(28,29)30)12-20(19)35(25)13-14-3-4-14/h1-2,5-10,12,14H,3-4,11,13H2,(H2,31,37)(H,33,34,36). The van der Waals surface area contributed by atoms with Gasteiger partial charge in [0.05, 0.1) is 28.0 Å². The average molecular weight is 544 g/mol. The molecule has 0 aliphatic heterocycles. The zero-order valence-electron chi connectivity index (χ0n) is 19.8. The van der Waals surface area contributed by atoms with E-state index in [4.69, 9.17) is 22.1 Å². The number of imidazole rings is 1. The van der Waals surface area contributed by atoms with E-state index in [1.54, 1.807) is 16.7 Å². The maximum Gasteiger partial charge on any atom is 0.416 e. The number of nitrogens with one attached hydrogen (secondary N) is 1. The van der Waals surface area contributed by atoms with Crippen molar-refractivity contribution in [1.82, 2.24) is 14.5 Å². The van der Waals surface area contributed by atoms with Gasteiger partial charge in [0, 0.05) is 12.7 Å². The van der Waals surface area contributed by atoms with E-state index in [0.29, 0.717) is 29.1 Å². The van der Waals surface area contributed by atoms with Gasteiger partial charge in [-0.3, -0.25) is 14.9 Å². The van der Waals surface area contributed by atoms with E-state index in [0.717, 1.165) is 25.0 Å². The molecular formula is C26H21ClF3N5O3. The smallest absolute Gasteiger partial charge is 0.416 e. The fourth-order valence-electron chi connectivity index (χ4n) is 3.99. The van der Waals surface area contributed by atoms with Gasteiger partial charge in [0.15, 0.2) is 0 Å². The zero-order chi connectivity index (χ0) is 27.0. The molecule has 0 spiro atoms. The summed E-state index contributed by atoms with van der Waals surface area (Å²) in [5.74, 6) is -0.396. The van der Waals surface area contributed by atoms with Crippen LogP contribution in [0.2, 0.25) is 5.02 Å². The van der Waals surface area contributed by atoms with E-state index in [-0.39, 0.29) is 34.6 Å². The largest absolute Gasteiger partial charge is 0.437 e. The predicted octanol–water partition coefficient (Wildman–Crippen LogP) is 5.59. The van der Waals surface area contributed by atoms with Gasteiger partial charge in [-0.05, 0) is 66.8 Å². The Hall–Kier alpha value is -4.12. The van der Waals surface area contributed by atoms with Crippen LogP contribution in [0.5, 0.6) is 11.6 Å². The molecule has 1 saturated carbocycles. The summed E-state index contributed by atoms with van der Waals surface area (Å²) in [6.07, 6.45) is -1.18. The molecule has 0 atom stereocenters. The molecule has 4 aromatic rings. The van der Waals surface area contributed by atoms with E-state index in [1.165, 1.54) is 30.5 Å². The van der Waals surface area contributed by atoms with Crippen LogP contribution in [0.25, 0.3) is 11.0 Å². The molecule has 0 saturated heterocycles. The summed E-state index contributed by atoms with van der Waals surface area (Å²) >= 11 is 6.34. The number of carbonyl (C=O) groups excluding carboxylic acids is 2. The Morgan fingerprint density at radius 3 is 2.63 bits per heavy atom. The highest BCUT2D eigenvalue weighted by Gasteiger charge is 2.32. The van der Waals surface area contributed by atoms with Gasteiger partial charge in [0.1, 0.15) is 11.3 Å². The summed E-state index contributed by atoms with van der Waals surface area (Å²) in [6.45, 7) is 0.464. The van der Waals surface area contributed by atoms with Gasteiger partial charge < -0.3 is 15.0 Å². The molecule has 1 fully saturated rings. The monoisotopic (exact) mass is 543 g/mol. The van der Waals surface area contributed by atoms with Crippen LogP contribution in [0.15, 0.2) is 54.7 Å². The number of rotatable bonds is 8. The van der Waals surface area contributed by atoms with Crippen LogP contribution in [-0.4, -0.2) is 26.3 Å². The van der Waals surface area contributed by atoms with Crippen molar-refractivity contribution in [3.63, 3.8) is 0 Å². The highest BCUT2D eigenvalue weighted by molar-refractivity contribution is 6.32. The molecule has 2 heterocycles. The van der Waals surface area contributed by atoms with Crippen molar-refractivity contribution in [2.45, 2.75) is 32.0 Å². The molecule has 2 aromatic carbocycles. The van der Waals surface area contributed by atoms with Crippen molar-refractivity contribution in [2.75, 3.05) is 5.32 Å². The minimum Gasteiger partial charge on any atom is -0.437 e. The normalized spacial score (nSPS) is 13.5. The number of primary amides is 1. The summed E-state index contributed by atoms with van der Waals surface area (Å²) in [6, 6.07) is 11.0. The summed E-state index contributed by atoms with van der Waals surface area (Å²) < 4.78 is 47.1. The van der Waals surface area contributed by atoms with Crippen molar-refractivity contribution >= 4 is 40.4 Å². The van der Waals surface area contributed by atoms with Crippen LogP contribution in [0, 0.1) is 5.92 Å². The van der Waals surface area contributed by atoms with Gasteiger partial charge in [-0.15, -0.1) is 0 Å². The second kappa shape index (κ2) is 9.97. The van der Waals surface area contributed by atoms with Crippen molar-refractivity contribution < 1.29 is 27.5 Å². The molecule has 12 heteroatoms. The molecule has 1 aliphatic carbocycles. The topological polar surface area (TPSA) is 112 Å². The molecule has 3 N–H and O–H groups in total. The van der Waals surface area contributed by atoms with Crippen LogP contribution in [0.1, 0.15) is 34.3 Å². The number of ether oxygens (including phenoxy) is 1. The number of pyridine rings is 1. The summed E-state index contributed by atoms with van der Waals surface area (Å²) in [5, 5.41) is 2.91. The second-order valence-corrected chi connectivity index (χ2v) is 9.41. The van der Waals surface area contributed by atoms with E-state index >= 15 is 0 Å². The van der Waals surface area contributed by atoms with Gasteiger partial charge >= 0.3 is 6.18 Å². The first-order chi connectivity index (χ1) is 18.1. The number of anilines is 1. The average Bonchev–Trinajstić information content (AvgIpc) is 3.62. The Kier molecular flexibility index (Phi) is 6.70. The number of carbonyl (C=O) groups is 2. The van der Waals surface area contributed by atoms with E-state index in [9.17, 15) is 22.8 Å². The molecule has 5 rings (SSSR count). The first-order valence-electron chi connectivity index (χ1n) is 11.7. The van der Waals surface area contributed by atoms with E-state index in [2.05, 4.69) is 15.3 Å². The number of hydrogen-bond donors (Lipinski definition) is 2. The van der Waals surface area contributed by atoms with Crippen molar-refractivity contribution in [1.29, 1.82) is 0 Å². The number of hydrogen-bond acceptors (Lipinski definition) is 5. The van der Waals surface area contributed by atoms with Gasteiger partial charge in [-0.25, -0.2) is 9.97 Å². The van der Waals surface area contributed by atoms with E-state index in [1.807, 2.05) is 0 Å². The highest BCUT2D eigenvalue weighted by atomic mass is 35.5. The third-order valence-corrected chi connectivity index (χ3v) is 6.36. The molecule has 0 bridgehead atoms. The molecule has 2 amide bonds. The van der Waals surface area contributed by atoms with Crippen LogP contribution < -0.4 is 15.8 Å². The molecular weight excluding hydrogens is 523 g/mol. The van der Waals surface area contributed by atoms with E-state index < -0.39 is 23.6 Å². The molecule has 38 heavy (non-hydrogen) atoms. The minimum atomic E-state index is -4.49. The number of nitrogens with two attached hydrogens (primary N) is 1. The predicted molar refractivity (Wildman–Crippen MR) is 134 cm³/mol. The lowest BCUT2D eigenvalue weighted by atomic mass is 10.1. The number of alkyl halides is 3. The Labute approximate surface area is 219 Å². The van der Waals surface area contributed by atoms with Crippen LogP contribution in [-0.2, 0) is 23.9 Å². The fourth-order valence-corrected chi connectivity index (χ4v) is 4.23. The fraction of sp³-hybridized carbons (Fsp3) is 0.231. The van der Waals surface area contributed by atoms with Crippen LogP contribution >= 0.6 is 11.6 Å². The Bertz CT molecular complexity index is 1550. The number of fused-ring (bicyclic) bond motifs is 1. The Balaban J connectivity index is 1.34. The minimum absolute atomic E-state index is 0.00404. The maximum absolute atomic E-state index is 13.3. The second-order valence-electron chi connectivity index (χ2n) is 9.00. The first kappa shape index (κ1) is 25.5. The SMILES string of the molecule is NC(=O)c1cccnc1Oc1ccc(CC(=O)Nc2nc3ccc(C(F)(F)F)cc3n2CC2CC2)cc1Cl. The first-order valence-corrected chi connectivity index (χ1v) is 12.0. The number of halogens is 4. The highest BCUT2D eigenvalue weighted by Crippen LogP contribution is 2.36. The number of amides is 2. The quantitative estimate of drug-likeness (QED) is 0.301. The van der Waals surface area contributed by atoms with Crippen LogP contribution in [0.4, 0.5) is 19.1 Å². The van der Waals surface area contributed by atoms with Gasteiger partial charge in [0.2, 0.25) is 17.7 Å². The summed E-state index contributed by atoms with van der Waals surface area (Å²) in [7, 11) is 0. The molecule has 0 radical (unpaired) electrons. The maximum atomic E-state index is 13.3. The third kappa shape index (κ3) is 5.57. The van der Waals surface area contributed by atoms with Crippen molar-refractivity contribution in [3.05, 3.63) is 76.4 Å². The van der Waals surface area contributed by atoms with Gasteiger partial charge in [0.25, 0.3) is 5.91 Å². The number of benzene rings is 2. The Morgan fingerprint density at radius 1 is 1.16 bits per heavy atom. The van der Waals surface area contributed by atoms with Gasteiger partial charge in [-0.2, -0.15) is 13.2 Å². The lowest BCUT2D eigenvalue weighted by Gasteiger charge is -2.12. The zero-order valence-corrected chi connectivity index (χ0v) is 20.5. The summed E-state index contributed by atoms with van der Waals surface area (Å²) in [4.78, 5) is 32.8. The third-order valence-electron chi connectivity index (χ3n) is 6.07. The van der Waals surface area contributed by atoms with Crippen LogP contribution in [0.3, 0.4) is 0 Å². The lowest BCUT2D eigenvalue weighted by Crippen LogP contribution is -2.18. The van der Waals surface area contributed by atoms with Crippen molar-refractivity contribution in [2.24, 2.45) is 11.7 Å². The van der Waals surface area contributed by atoms with Crippen molar-refractivity contribution in [3.8, 4) is 11.6 Å². The van der Waals surface area contributed by atoms with Gasteiger partial charge in [-0.1, -0.05) is 17.7 Å². The number of nitrogens with zero attached hydrogens (tertiary/aromatic N) is 3. The summed E-state index contributed by atoms with van der Waals surface area (Å²) in [5.41, 5.74) is 5.90. The number of aromatic nitrogens is 3. The molecule has 2 aromatic heterocycles. The lowest BCUT2D eigenvalue weighted by molar-refractivity contribution is -0.137. The Morgan fingerprint density at radius 2 is 1.95 bits per heavy atom. The molecule has 8 nitrogen and oxygen atoms in total. The molecule has 0 unspecified atom stereocenters. The molecule has 196 valence electrons. The molecule has 1 aliphatic rings.